The van der Waals surface area contributed by atoms with Crippen LogP contribution in [-0.4, -0.2) is 10.2 Å². The molecule has 2 aromatic rings. The maximum absolute atomic E-state index is 11.4. The van der Waals surface area contributed by atoms with E-state index in [1.807, 2.05) is 26.8 Å². The molecule has 0 amide bonds. The third-order valence-corrected chi connectivity index (χ3v) is 3.58. The fourth-order valence-corrected chi connectivity index (χ4v) is 2.24. The number of hydrogen-bond acceptors (Lipinski definition) is 3. The topological polar surface area (TPSA) is 56.2 Å². The third-order valence-electron chi connectivity index (χ3n) is 3.06. The van der Waals surface area contributed by atoms with Gasteiger partial charge in [0.15, 0.2) is 0 Å². The Morgan fingerprint density at radius 3 is 2.50 bits per heavy atom. The van der Waals surface area contributed by atoms with E-state index in [9.17, 15) is 4.79 Å². The number of aryl methyl sites for hydroxylation is 2. The van der Waals surface area contributed by atoms with Gasteiger partial charge in [-0.15, -0.1) is 0 Å². The Morgan fingerprint density at radius 2 is 1.88 bits per heavy atom. The summed E-state index contributed by atoms with van der Waals surface area (Å²) in [5.41, 5.74) is 9.21. The van der Waals surface area contributed by atoms with Crippen molar-refractivity contribution in [3.05, 3.63) is 33.2 Å². The molecule has 0 fully saturated rings. The van der Waals surface area contributed by atoms with E-state index in [0.29, 0.717) is 10.8 Å². The van der Waals surface area contributed by atoms with Crippen LogP contribution in [0.3, 0.4) is 0 Å². The lowest BCUT2D eigenvalue weighted by Crippen LogP contribution is -2.22. The fraction of sp³-hybridized carbons (Fsp3) is 0.250. The molecule has 16 heavy (non-hydrogen) atoms. The highest BCUT2D eigenvalue weighted by atomic mass is 28.1. The zero-order valence-corrected chi connectivity index (χ0v) is 10.5. The number of nitrogens with two attached hydrogens (primary N) is 1. The second-order valence-electron chi connectivity index (χ2n) is 3.99. The summed E-state index contributed by atoms with van der Waals surface area (Å²) < 4.78 is 5.18. The van der Waals surface area contributed by atoms with Crippen LogP contribution in [0, 0.1) is 20.8 Å². The number of hydrogen-bond donors (Lipinski definition) is 1. The largest absolute Gasteiger partial charge is 0.421 e. The number of fused-ring (bicyclic) bond motifs is 1. The molecule has 2 N–H and O–H groups in total. The summed E-state index contributed by atoms with van der Waals surface area (Å²) in [6.45, 7) is 6.02. The Labute approximate surface area is 96.7 Å². The highest BCUT2D eigenvalue weighted by Gasteiger charge is 2.12. The Morgan fingerprint density at radius 1 is 1.25 bits per heavy atom. The first-order chi connectivity index (χ1) is 7.43. The van der Waals surface area contributed by atoms with E-state index in [4.69, 9.17) is 10.2 Å². The molecule has 0 spiro atoms. The minimum Gasteiger partial charge on any atom is -0.421 e. The van der Waals surface area contributed by atoms with Gasteiger partial charge in [-0.3, -0.25) is 0 Å². The molecule has 0 saturated carbocycles. The van der Waals surface area contributed by atoms with Gasteiger partial charge in [0.05, 0.1) is 10.2 Å². The molecule has 2 rings (SSSR count). The van der Waals surface area contributed by atoms with E-state index >= 15 is 0 Å². The van der Waals surface area contributed by atoms with Crippen LogP contribution in [0.15, 0.2) is 15.3 Å². The first kappa shape index (κ1) is 10.9. The van der Waals surface area contributed by atoms with E-state index in [-0.39, 0.29) is 5.69 Å². The molecule has 1 aromatic carbocycles. The molecule has 1 heterocycles. The minimum atomic E-state index is -0.500. The third kappa shape index (κ3) is 1.37. The van der Waals surface area contributed by atoms with Gasteiger partial charge in [0, 0.05) is 5.39 Å². The number of anilines is 1. The fourth-order valence-electron chi connectivity index (χ4n) is 1.83. The lowest BCUT2D eigenvalue weighted by Gasteiger charge is -2.11. The van der Waals surface area contributed by atoms with Crippen LogP contribution in [-0.2, 0) is 0 Å². The second-order valence-corrected chi connectivity index (χ2v) is 4.49. The van der Waals surface area contributed by atoms with E-state index in [0.717, 1.165) is 16.5 Å². The maximum atomic E-state index is 11.4. The first-order valence-corrected chi connectivity index (χ1v) is 5.48. The van der Waals surface area contributed by atoms with Crippen molar-refractivity contribution >= 4 is 32.1 Å². The van der Waals surface area contributed by atoms with Crippen molar-refractivity contribution in [2.24, 2.45) is 0 Å². The molecular weight excluding hydrogens is 218 g/mol. The molecule has 0 aliphatic rings. The van der Waals surface area contributed by atoms with Gasteiger partial charge in [-0.1, -0.05) is 0 Å². The van der Waals surface area contributed by atoms with Crippen molar-refractivity contribution < 1.29 is 4.42 Å². The van der Waals surface area contributed by atoms with Gasteiger partial charge in [0.2, 0.25) is 0 Å². The molecule has 81 valence electrons. The summed E-state index contributed by atoms with van der Waals surface area (Å²) >= 11 is 0. The number of benzene rings is 1. The Bertz CT molecular complexity index is 644. The van der Waals surface area contributed by atoms with E-state index in [2.05, 4.69) is 10.2 Å². The summed E-state index contributed by atoms with van der Waals surface area (Å²) in [4.78, 5) is 11.4. The summed E-state index contributed by atoms with van der Waals surface area (Å²) in [7, 11) is 3.41. The molecule has 4 heteroatoms. The van der Waals surface area contributed by atoms with Crippen molar-refractivity contribution in [1.82, 2.24) is 0 Å². The van der Waals surface area contributed by atoms with Gasteiger partial charge in [0.1, 0.15) is 11.3 Å². The molecule has 0 saturated heterocycles. The van der Waals surface area contributed by atoms with Crippen LogP contribution in [0.2, 0.25) is 0 Å². The molecule has 0 unspecified atom stereocenters. The average molecular weight is 230 g/mol. The first-order valence-electron chi connectivity index (χ1n) is 4.98. The van der Waals surface area contributed by atoms with Gasteiger partial charge in [-0.05, 0) is 48.7 Å². The van der Waals surface area contributed by atoms with Gasteiger partial charge >= 0.3 is 5.63 Å². The van der Waals surface area contributed by atoms with Gasteiger partial charge < -0.3 is 10.2 Å². The molecule has 0 atom stereocenters. The Hall–Kier alpha value is -1.55. The second kappa shape index (κ2) is 3.49. The van der Waals surface area contributed by atoms with Crippen molar-refractivity contribution in [2.45, 2.75) is 20.8 Å². The van der Waals surface area contributed by atoms with Crippen molar-refractivity contribution in [3.63, 3.8) is 0 Å². The Kier molecular flexibility index (Phi) is 2.39. The van der Waals surface area contributed by atoms with Crippen LogP contribution in [0.5, 0.6) is 0 Å². The van der Waals surface area contributed by atoms with Gasteiger partial charge in [0.25, 0.3) is 0 Å². The van der Waals surface area contributed by atoms with Crippen LogP contribution < -0.4 is 16.5 Å². The van der Waals surface area contributed by atoms with Crippen molar-refractivity contribution in [1.29, 1.82) is 0 Å². The highest BCUT2D eigenvalue weighted by Crippen LogP contribution is 2.22. The molecule has 0 aliphatic carbocycles. The smallest absolute Gasteiger partial charge is 0.359 e. The van der Waals surface area contributed by atoms with E-state index < -0.39 is 5.63 Å². The van der Waals surface area contributed by atoms with Crippen molar-refractivity contribution in [2.75, 3.05) is 5.73 Å². The number of rotatable bonds is 0. The molecule has 1 aromatic heterocycles. The van der Waals surface area contributed by atoms with Gasteiger partial charge in [-0.25, -0.2) is 4.79 Å². The van der Waals surface area contributed by atoms with E-state index in [1.165, 1.54) is 5.56 Å². The zero-order chi connectivity index (χ0) is 12.0. The highest BCUT2D eigenvalue weighted by molar-refractivity contribution is 6.42. The predicted molar refractivity (Wildman–Crippen MR) is 66.5 cm³/mol. The summed E-state index contributed by atoms with van der Waals surface area (Å²) in [6, 6.07) is 1.86. The number of nitrogen functional groups attached to an aromatic ring is 1. The summed E-state index contributed by atoms with van der Waals surface area (Å²) in [5, 5.41) is 1.49. The van der Waals surface area contributed by atoms with Crippen LogP contribution in [0.4, 0.5) is 5.69 Å². The SMILES string of the molecule is Cc1cc2oc(=O)c(N)c([Si])c2c(C)c1C. The maximum Gasteiger partial charge on any atom is 0.359 e. The van der Waals surface area contributed by atoms with Crippen LogP contribution in [0.25, 0.3) is 11.0 Å². The normalized spacial score (nSPS) is 11.0. The lowest BCUT2D eigenvalue weighted by atomic mass is 10.00. The quantitative estimate of drug-likeness (QED) is 0.544. The molecule has 3 radical (unpaired) electrons. The average Bonchev–Trinajstić information content (AvgIpc) is 2.23. The Balaban J connectivity index is 3.09. The molecule has 3 nitrogen and oxygen atoms in total. The lowest BCUT2D eigenvalue weighted by molar-refractivity contribution is 0.565. The molecule has 0 bridgehead atoms. The minimum absolute atomic E-state index is 0.121. The van der Waals surface area contributed by atoms with Gasteiger partial charge in [-0.2, -0.15) is 0 Å². The monoisotopic (exact) mass is 230 g/mol. The molecule has 0 aliphatic heterocycles. The molecular formula is C12H12NO2Si. The van der Waals surface area contributed by atoms with Crippen LogP contribution >= 0.6 is 0 Å². The zero-order valence-electron chi connectivity index (χ0n) is 9.47. The van der Waals surface area contributed by atoms with Crippen LogP contribution in [0.1, 0.15) is 16.7 Å². The van der Waals surface area contributed by atoms with E-state index in [1.54, 1.807) is 0 Å². The van der Waals surface area contributed by atoms with Crippen molar-refractivity contribution in [3.8, 4) is 0 Å². The summed E-state index contributed by atoms with van der Waals surface area (Å²) in [5.74, 6) is 0. The summed E-state index contributed by atoms with van der Waals surface area (Å²) in [6.07, 6.45) is 0. The standard InChI is InChI=1S/C12H12NO2Si/c1-5-4-8-9(7(3)6(5)2)11(16)10(13)12(14)15-8/h4H,13H2,1-3H3. The predicted octanol–water partition coefficient (Wildman–Crippen LogP) is 1.09.